The van der Waals surface area contributed by atoms with Gasteiger partial charge in [0, 0.05) is 6.42 Å². The van der Waals surface area contributed by atoms with E-state index in [0.29, 0.717) is 34.7 Å². The second kappa shape index (κ2) is 10.2. The smallest absolute Gasteiger partial charge is 0.408 e. The topological polar surface area (TPSA) is 125 Å². The number of phenols is 1. The van der Waals surface area contributed by atoms with E-state index in [1.165, 1.54) is 10.9 Å². The van der Waals surface area contributed by atoms with Gasteiger partial charge in [-0.15, -0.1) is 5.10 Å². The number of benzene rings is 2. The third-order valence-corrected chi connectivity index (χ3v) is 5.41. The Morgan fingerprint density at radius 1 is 1.17 bits per heavy atom. The standard InChI is InChI=1S/C25H30N4O6/c1-25(2,3)35-24(32)26-21(23(31)33-14-16-8-9-16)13-17-10-11-19(30)12-18(17)15-34-29-22-7-5-4-6-20(22)27-28-29/h4-7,10-12,16,21,30H,8-9,13-15H2,1-3H3,(H,26,32)/t21-/m1/s1. The van der Waals surface area contributed by atoms with Crippen LogP contribution < -0.4 is 10.2 Å². The van der Waals surface area contributed by atoms with E-state index in [9.17, 15) is 14.7 Å². The Morgan fingerprint density at radius 2 is 1.94 bits per heavy atom. The van der Waals surface area contributed by atoms with Crippen molar-refractivity contribution < 1.29 is 29.0 Å². The van der Waals surface area contributed by atoms with Crippen molar-refractivity contribution in [1.82, 2.24) is 20.5 Å². The molecule has 0 saturated heterocycles. The molecule has 35 heavy (non-hydrogen) atoms. The number of nitrogens with one attached hydrogen (secondary N) is 1. The predicted octanol–water partition coefficient (Wildman–Crippen LogP) is 3.15. The van der Waals surface area contributed by atoms with E-state index in [1.807, 2.05) is 24.3 Å². The zero-order valence-electron chi connectivity index (χ0n) is 20.1. The Kier molecular flexibility index (Phi) is 7.09. The van der Waals surface area contributed by atoms with Gasteiger partial charge in [0.25, 0.3) is 0 Å². The van der Waals surface area contributed by atoms with Crippen molar-refractivity contribution in [3.05, 3.63) is 53.6 Å². The molecule has 0 unspecified atom stereocenters. The van der Waals surface area contributed by atoms with Gasteiger partial charge in [0.1, 0.15) is 35.0 Å². The van der Waals surface area contributed by atoms with E-state index in [1.54, 1.807) is 32.9 Å². The van der Waals surface area contributed by atoms with Crippen LogP contribution in [0.4, 0.5) is 4.79 Å². The number of phenolic OH excluding ortho intramolecular Hbond substituents is 1. The number of aromatic nitrogens is 3. The summed E-state index contributed by atoms with van der Waals surface area (Å²) in [5, 5.41) is 20.8. The molecule has 0 radical (unpaired) electrons. The summed E-state index contributed by atoms with van der Waals surface area (Å²) in [6.07, 6.45) is 1.48. The van der Waals surface area contributed by atoms with Crippen molar-refractivity contribution in [3.8, 4) is 5.75 Å². The second-order valence-electron chi connectivity index (χ2n) is 9.65. The Balaban J connectivity index is 1.50. The molecular weight excluding hydrogens is 452 g/mol. The number of alkyl carbamates (subject to hydrolysis) is 1. The first-order valence-electron chi connectivity index (χ1n) is 11.6. The molecule has 3 aromatic rings. The van der Waals surface area contributed by atoms with Crippen molar-refractivity contribution in [1.29, 1.82) is 0 Å². The zero-order valence-corrected chi connectivity index (χ0v) is 20.1. The molecule has 1 heterocycles. The van der Waals surface area contributed by atoms with E-state index in [-0.39, 0.29) is 18.8 Å². The van der Waals surface area contributed by atoms with Crippen LogP contribution in [0.2, 0.25) is 0 Å². The first kappa shape index (κ1) is 24.3. The molecule has 1 fully saturated rings. The molecule has 0 bridgehead atoms. The molecule has 1 amide bonds. The maximum absolute atomic E-state index is 12.9. The van der Waals surface area contributed by atoms with Crippen LogP contribution >= 0.6 is 0 Å². The fraction of sp³-hybridized carbons (Fsp3) is 0.440. The first-order valence-corrected chi connectivity index (χ1v) is 11.6. The molecule has 10 nitrogen and oxygen atoms in total. The van der Waals surface area contributed by atoms with Crippen LogP contribution in [0.5, 0.6) is 5.75 Å². The normalized spacial score (nSPS) is 14.4. The number of ether oxygens (including phenoxy) is 2. The summed E-state index contributed by atoms with van der Waals surface area (Å²) in [5.41, 5.74) is 1.98. The molecule has 1 aliphatic carbocycles. The lowest BCUT2D eigenvalue weighted by Gasteiger charge is -2.23. The van der Waals surface area contributed by atoms with Crippen LogP contribution in [0.25, 0.3) is 11.0 Å². The van der Waals surface area contributed by atoms with Crippen molar-refractivity contribution in [2.24, 2.45) is 5.92 Å². The van der Waals surface area contributed by atoms with E-state index >= 15 is 0 Å². The van der Waals surface area contributed by atoms with Crippen molar-refractivity contribution >= 4 is 23.1 Å². The summed E-state index contributed by atoms with van der Waals surface area (Å²) in [4.78, 5) is 32.4. The Hall–Kier alpha value is -3.82. The molecule has 1 saturated carbocycles. The Bertz CT molecular complexity index is 1200. The third-order valence-electron chi connectivity index (χ3n) is 5.41. The number of fused-ring (bicyclic) bond motifs is 1. The number of aromatic hydroxyl groups is 1. The molecule has 4 rings (SSSR count). The summed E-state index contributed by atoms with van der Waals surface area (Å²) < 4.78 is 10.8. The third kappa shape index (κ3) is 6.84. The molecule has 1 aliphatic rings. The van der Waals surface area contributed by atoms with Gasteiger partial charge < -0.3 is 24.7 Å². The lowest BCUT2D eigenvalue weighted by atomic mass is 10.00. The number of para-hydroxylation sites is 1. The zero-order chi connectivity index (χ0) is 25.0. The van der Waals surface area contributed by atoms with Gasteiger partial charge in [0.05, 0.1) is 6.61 Å². The van der Waals surface area contributed by atoms with E-state index < -0.39 is 23.7 Å². The highest BCUT2D eigenvalue weighted by atomic mass is 16.7. The molecule has 2 aromatic carbocycles. The van der Waals surface area contributed by atoms with Gasteiger partial charge in [-0.3, -0.25) is 0 Å². The van der Waals surface area contributed by atoms with Crippen LogP contribution in [0, 0.1) is 5.92 Å². The van der Waals surface area contributed by atoms with Gasteiger partial charge in [-0.25, -0.2) is 9.59 Å². The maximum atomic E-state index is 12.9. The van der Waals surface area contributed by atoms with Crippen molar-refractivity contribution in [3.63, 3.8) is 0 Å². The largest absolute Gasteiger partial charge is 0.508 e. The number of carbonyl (C=O) groups excluding carboxylic acids is 2. The average Bonchev–Trinajstić information content (AvgIpc) is 3.54. The van der Waals surface area contributed by atoms with E-state index in [0.717, 1.165) is 12.8 Å². The number of carbonyl (C=O) groups is 2. The summed E-state index contributed by atoms with van der Waals surface area (Å²) in [6.45, 7) is 5.62. The molecular formula is C25H30N4O6. The molecule has 1 aromatic heterocycles. The monoisotopic (exact) mass is 482 g/mol. The summed E-state index contributed by atoms with van der Waals surface area (Å²) in [5.74, 6) is -0.106. The van der Waals surface area contributed by atoms with Gasteiger partial charge in [-0.1, -0.05) is 23.0 Å². The van der Waals surface area contributed by atoms with Crippen LogP contribution in [-0.4, -0.2) is 50.6 Å². The number of amides is 1. The summed E-state index contributed by atoms with van der Waals surface area (Å²) >= 11 is 0. The van der Waals surface area contributed by atoms with Gasteiger partial charge >= 0.3 is 12.1 Å². The number of esters is 1. The molecule has 186 valence electrons. The Morgan fingerprint density at radius 3 is 2.69 bits per heavy atom. The average molecular weight is 483 g/mol. The van der Waals surface area contributed by atoms with Crippen molar-refractivity contribution in [2.45, 2.75) is 58.3 Å². The van der Waals surface area contributed by atoms with Crippen molar-refractivity contribution in [2.75, 3.05) is 6.61 Å². The first-order chi connectivity index (χ1) is 16.7. The van der Waals surface area contributed by atoms with Crippen LogP contribution in [0.3, 0.4) is 0 Å². The Labute approximate surface area is 203 Å². The quantitative estimate of drug-likeness (QED) is 0.446. The molecule has 10 heteroatoms. The van der Waals surface area contributed by atoms with Gasteiger partial charge in [-0.05, 0) is 80.1 Å². The predicted molar refractivity (Wildman–Crippen MR) is 126 cm³/mol. The minimum atomic E-state index is -0.973. The van der Waals surface area contributed by atoms with E-state index in [2.05, 4.69) is 15.6 Å². The SMILES string of the molecule is CC(C)(C)OC(=O)N[C@H](Cc1ccc(O)cc1COn1nnc2ccccc21)C(=O)OCC1CC1. The number of rotatable bonds is 9. The maximum Gasteiger partial charge on any atom is 0.408 e. The highest BCUT2D eigenvalue weighted by Crippen LogP contribution is 2.29. The fourth-order valence-corrected chi connectivity index (χ4v) is 3.47. The van der Waals surface area contributed by atoms with Crippen LogP contribution in [-0.2, 0) is 27.3 Å². The van der Waals surface area contributed by atoms with Gasteiger partial charge in [0.15, 0.2) is 0 Å². The van der Waals surface area contributed by atoms with Crippen LogP contribution in [0.15, 0.2) is 42.5 Å². The lowest BCUT2D eigenvalue weighted by molar-refractivity contribution is -0.146. The number of hydrogen-bond donors (Lipinski definition) is 2. The van der Waals surface area contributed by atoms with E-state index in [4.69, 9.17) is 14.3 Å². The summed E-state index contributed by atoms with van der Waals surface area (Å²) in [7, 11) is 0. The molecule has 0 aliphatic heterocycles. The van der Waals surface area contributed by atoms with Gasteiger partial charge in [-0.2, -0.15) is 0 Å². The number of nitrogens with zero attached hydrogens (tertiary/aromatic N) is 3. The number of hydrogen-bond acceptors (Lipinski definition) is 8. The minimum Gasteiger partial charge on any atom is -0.508 e. The summed E-state index contributed by atoms with van der Waals surface area (Å²) in [6, 6.07) is 11.1. The highest BCUT2D eigenvalue weighted by molar-refractivity contribution is 5.82. The lowest BCUT2D eigenvalue weighted by Crippen LogP contribution is -2.45. The fourth-order valence-electron chi connectivity index (χ4n) is 3.47. The highest BCUT2D eigenvalue weighted by Gasteiger charge is 2.29. The molecule has 0 spiro atoms. The van der Waals surface area contributed by atoms with Gasteiger partial charge in [0.2, 0.25) is 0 Å². The second-order valence-corrected chi connectivity index (χ2v) is 9.65. The minimum absolute atomic E-state index is 0.0451. The molecule has 1 atom stereocenters. The molecule has 2 N–H and O–H groups in total. The van der Waals surface area contributed by atoms with Crippen LogP contribution in [0.1, 0.15) is 44.7 Å².